The topological polar surface area (TPSA) is 91.6 Å². The lowest BCUT2D eigenvalue weighted by molar-refractivity contribution is -0.154. The average molecular weight is 435 g/mol. The number of aromatic nitrogens is 3. The van der Waals surface area contributed by atoms with Crippen LogP contribution in [0.4, 0.5) is 19.0 Å². The summed E-state index contributed by atoms with van der Waals surface area (Å²) in [5.41, 5.74) is 1.43. The molecule has 3 aromatic rings. The smallest absolute Gasteiger partial charge is 0.387 e. The second kappa shape index (κ2) is 9.34. The van der Waals surface area contributed by atoms with Crippen molar-refractivity contribution in [2.75, 3.05) is 11.9 Å². The number of alkyl halides is 3. The first-order valence-electron chi connectivity index (χ1n) is 9.90. The van der Waals surface area contributed by atoms with Crippen molar-refractivity contribution >= 4 is 17.4 Å². The van der Waals surface area contributed by atoms with Gasteiger partial charge in [-0.1, -0.05) is 43.7 Å². The van der Waals surface area contributed by atoms with Crippen molar-refractivity contribution in [1.29, 1.82) is 0 Å². The van der Waals surface area contributed by atoms with Crippen LogP contribution < -0.4 is 10.6 Å². The second-order valence-corrected chi connectivity index (χ2v) is 7.24. The van der Waals surface area contributed by atoms with Gasteiger partial charge in [0.25, 0.3) is 5.91 Å². The molecule has 3 N–H and O–H groups in total. The number of amides is 1. The van der Waals surface area contributed by atoms with E-state index in [9.17, 15) is 23.1 Å². The SMILES string of the molecule is CCCC(NC(=O)c1cnn2c(C)cc(NCC(O)c3ccccc3)nc12)C(F)(F)F. The van der Waals surface area contributed by atoms with Crippen molar-refractivity contribution < 1.29 is 23.1 Å². The van der Waals surface area contributed by atoms with Crippen LogP contribution in [0, 0.1) is 6.92 Å². The van der Waals surface area contributed by atoms with Crippen LogP contribution in [0.25, 0.3) is 5.65 Å². The maximum atomic E-state index is 13.2. The van der Waals surface area contributed by atoms with Crippen LogP contribution in [-0.4, -0.2) is 44.4 Å². The van der Waals surface area contributed by atoms with Gasteiger partial charge in [-0.15, -0.1) is 0 Å². The number of aryl methyl sites for hydroxylation is 1. The Balaban J connectivity index is 1.81. The van der Waals surface area contributed by atoms with E-state index < -0.39 is 24.2 Å². The molecule has 166 valence electrons. The number of nitrogens with one attached hydrogen (secondary N) is 2. The average Bonchev–Trinajstić information content (AvgIpc) is 3.16. The Morgan fingerprint density at radius 1 is 1.26 bits per heavy atom. The monoisotopic (exact) mass is 435 g/mol. The highest BCUT2D eigenvalue weighted by molar-refractivity contribution is 6.00. The van der Waals surface area contributed by atoms with Gasteiger partial charge >= 0.3 is 6.18 Å². The third-order valence-electron chi connectivity index (χ3n) is 4.83. The summed E-state index contributed by atoms with van der Waals surface area (Å²) in [5, 5.41) is 19.4. The van der Waals surface area contributed by atoms with Gasteiger partial charge < -0.3 is 15.7 Å². The number of fused-ring (bicyclic) bond motifs is 1. The van der Waals surface area contributed by atoms with Gasteiger partial charge in [-0.25, -0.2) is 9.50 Å². The van der Waals surface area contributed by atoms with Gasteiger partial charge in [-0.05, 0) is 18.9 Å². The Labute approximate surface area is 177 Å². The van der Waals surface area contributed by atoms with Crippen LogP contribution in [0.15, 0.2) is 42.6 Å². The van der Waals surface area contributed by atoms with Gasteiger partial charge in [0.2, 0.25) is 0 Å². The minimum atomic E-state index is -4.54. The van der Waals surface area contributed by atoms with Crippen LogP contribution in [0.5, 0.6) is 0 Å². The lowest BCUT2D eigenvalue weighted by Crippen LogP contribution is -2.45. The quantitative estimate of drug-likeness (QED) is 0.503. The fourth-order valence-corrected chi connectivity index (χ4v) is 3.20. The maximum absolute atomic E-state index is 13.2. The first-order valence-corrected chi connectivity index (χ1v) is 9.90. The fraction of sp³-hybridized carbons (Fsp3) is 0.381. The third kappa shape index (κ3) is 5.32. The minimum Gasteiger partial charge on any atom is -0.387 e. The van der Waals surface area contributed by atoms with Crippen LogP contribution >= 0.6 is 0 Å². The molecule has 1 amide bonds. The number of hydrogen-bond acceptors (Lipinski definition) is 5. The van der Waals surface area contributed by atoms with Crippen LogP contribution in [0.1, 0.15) is 47.5 Å². The zero-order valence-electron chi connectivity index (χ0n) is 17.1. The molecule has 10 heteroatoms. The Morgan fingerprint density at radius 2 is 1.97 bits per heavy atom. The molecule has 0 saturated heterocycles. The Bertz CT molecular complexity index is 1040. The van der Waals surface area contributed by atoms with Gasteiger partial charge in [0.15, 0.2) is 5.65 Å². The van der Waals surface area contributed by atoms with Crippen molar-refractivity contribution in [3.05, 3.63) is 59.4 Å². The van der Waals surface area contributed by atoms with Gasteiger partial charge in [0.1, 0.15) is 17.4 Å². The van der Waals surface area contributed by atoms with Crippen molar-refractivity contribution in [1.82, 2.24) is 19.9 Å². The molecule has 7 nitrogen and oxygen atoms in total. The number of rotatable bonds is 8. The molecule has 0 bridgehead atoms. The molecular formula is C21H24F3N5O2. The molecule has 0 spiro atoms. The summed E-state index contributed by atoms with van der Waals surface area (Å²) in [6, 6.07) is 8.80. The van der Waals surface area contributed by atoms with Crippen LogP contribution in [-0.2, 0) is 0 Å². The third-order valence-corrected chi connectivity index (χ3v) is 4.83. The first-order chi connectivity index (χ1) is 14.7. The summed E-state index contributed by atoms with van der Waals surface area (Å²) in [7, 11) is 0. The highest BCUT2D eigenvalue weighted by Crippen LogP contribution is 2.24. The summed E-state index contributed by atoms with van der Waals surface area (Å²) in [5.74, 6) is -0.519. The zero-order valence-corrected chi connectivity index (χ0v) is 17.1. The van der Waals surface area contributed by atoms with E-state index in [1.54, 1.807) is 32.0 Å². The molecule has 31 heavy (non-hydrogen) atoms. The number of halogens is 3. The molecule has 2 heterocycles. The molecule has 0 aliphatic carbocycles. The fourth-order valence-electron chi connectivity index (χ4n) is 3.20. The molecule has 3 rings (SSSR count). The van der Waals surface area contributed by atoms with Crippen molar-refractivity contribution in [2.24, 2.45) is 0 Å². The number of benzene rings is 1. The number of aliphatic hydroxyl groups excluding tert-OH is 1. The zero-order chi connectivity index (χ0) is 22.6. The molecule has 2 atom stereocenters. The first kappa shape index (κ1) is 22.5. The van der Waals surface area contributed by atoms with E-state index in [-0.39, 0.29) is 30.6 Å². The minimum absolute atomic E-state index is 0.0549. The molecular weight excluding hydrogens is 411 g/mol. The standard InChI is InChI=1S/C21H24F3N5O2/c1-3-7-17(21(22,23)24)27-20(31)15-11-26-29-13(2)10-18(28-19(15)29)25-12-16(30)14-8-5-4-6-9-14/h4-6,8-11,16-17,30H,3,7,12H2,1-2H3,(H,25,28)(H,27,31). The highest BCUT2D eigenvalue weighted by Gasteiger charge is 2.40. The molecule has 1 aromatic carbocycles. The second-order valence-electron chi connectivity index (χ2n) is 7.24. The van der Waals surface area contributed by atoms with Gasteiger partial charge in [-0.3, -0.25) is 4.79 Å². The Kier molecular flexibility index (Phi) is 6.79. The molecule has 0 saturated carbocycles. The predicted octanol–water partition coefficient (Wildman–Crippen LogP) is 3.64. The Morgan fingerprint density at radius 3 is 2.61 bits per heavy atom. The molecule has 2 aromatic heterocycles. The summed E-state index contributed by atoms with van der Waals surface area (Å²) < 4.78 is 40.9. The Hall–Kier alpha value is -3.14. The number of nitrogens with zero attached hydrogens (tertiary/aromatic N) is 3. The lowest BCUT2D eigenvalue weighted by atomic mass is 10.1. The number of aliphatic hydroxyl groups is 1. The van der Waals surface area contributed by atoms with Gasteiger partial charge in [-0.2, -0.15) is 18.3 Å². The molecule has 2 unspecified atom stereocenters. The van der Waals surface area contributed by atoms with E-state index >= 15 is 0 Å². The van der Waals surface area contributed by atoms with Crippen LogP contribution in [0.3, 0.4) is 0 Å². The number of carbonyl (C=O) groups is 1. The normalized spacial score (nSPS) is 13.7. The number of hydrogen-bond donors (Lipinski definition) is 3. The van der Waals surface area contributed by atoms with E-state index in [2.05, 4.69) is 15.4 Å². The number of anilines is 1. The van der Waals surface area contributed by atoms with Gasteiger partial charge in [0.05, 0.1) is 12.3 Å². The van der Waals surface area contributed by atoms with E-state index in [4.69, 9.17) is 0 Å². The van der Waals surface area contributed by atoms with E-state index in [0.717, 1.165) is 5.56 Å². The van der Waals surface area contributed by atoms with E-state index in [1.165, 1.54) is 10.7 Å². The largest absolute Gasteiger partial charge is 0.408 e. The molecule has 0 radical (unpaired) electrons. The molecule has 0 fully saturated rings. The van der Waals surface area contributed by atoms with Crippen LogP contribution in [0.2, 0.25) is 0 Å². The number of carbonyl (C=O) groups excluding carboxylic acids is 1. The summed E-state index contributed by atoms with van der Waals surface area (Å²) >= 11 is 0. The highest BCUT2D eigenvalue weighted by atomic mass is 19.4. The van der Waals surface area contributed by atoms with Crippen molar-refractivity contribution in [3.63, 3.8) is 0 Å². The predicted molar refractivity (Wildman–Crippen MR) is 110 cm³/mol. The molecule has 0 aliphatic heterocycles. The lowest BCUT2D eigenvalue weighted by Gasteiger charge is -2.20. The summed E-state index contributed by atoms with van der Waals surface area (Å²) in [6.07, 6.45) is -4.07. The van der Waals surface area contributed by atoms with Gasteiger partial charge in [0, 0.05) is 18.3 Å². The maximum Gasteiger partial charge on any atom is 0.408 e. The van der Waals surface area contributed by atoms with Crippen molar-refractivity contribution in [3.8, 4) is 0 Å². The molecule has 0 aliphatic rings. The van der Waals surface area contributed by atoms with E-state index in [0.29, 0.717) is 11.5 Å². The summed E-state index contributed by atoms with van der Waals surface area (Å²) in [4.78, 5) is 16.9. The summed E-state index contributed by atoms with van der Waals surface area (Å²) in [6.45, 7) is 3.51. The van der Waals surface area contributed by atoms with E-state index in [1.807, 2.05) is 23.5 Å². The van der Waals surface area contributed by atoms with Crippen molar-refractivity contribution in [2.45, 2.75) is 45.0 Å².